The fraction of sp³-hybridized carbons (Fsp3) is 0.857. The third kappa shape index (κ3) is 3.45. The predicted molar refractivity (Wildman–Crippen MR) is 40.9 cm³/mol. The molecule has 0 heterocycles. The first-order chi connectivity index (χ1) is 4.93. The maximum Gasteiger partial charge on any atom is 0.0448 e. The molecular weight excluding hydrogens is 128 g/mol. The Morgan fingerprint density at radius 1 is 1.60 bits per heavy atom. The summed E-state index contributed by atoms with van der Waals surface area (Å²) in [5.74, 6) is 0.738. The second-order valence-electron chi connectivity index (χ2n) is 2.60. The van der Waals surface area contributed by atoms with E-state index in [-0.39, 0.29) is 6.61 Å². The highest BCUT2D eigenvalue weighted by Gasteiger charge is 2.17. The summed E-state index contributed by atoms with van der Waals surface area (Å²) in [4.78, 5) is 0. The lowest BCUT2D eigenvalue weighted by molar-refractivity contribution is 0.286. The van der Waals surface area contributed by atoms with Gasteiger partial charge in [0.2, 0.25) is 0 Å². The van der Waals surface area contributed by atoms with Crippen molar-refractivity contribution >= 4 is 6.21 Å². The monoisotopic (exact) mass is 142 g/mol. The highest BCUT2D eigenvalue weighted by Crippen LogP contribution is 2.25. The summed E-state index contributed by atoms with van der Waals surface area (Å²) in [6.45, 7) is 1.02. The van der Waals surface area contributed by atoms with Crippen molar-refractivity contribution in [3.8, 4) is 0 Å². The highest BCUT2D eigenvalue weighted by atomic mass is 16.3. The lowest BCUT2D eigenvalue weighted by Crippen LogP contribution is -2.09. The molecule has 0 aliphatic heterocycles. The third-order valence-electron chi connectivity index (χ3n) is 1.45. The van der Waals surface area contributed by atoms with E-state index in [9.17, 15) is 0 Å². The topological polar surface area (TPSA) is 44.6 Å². The molecule has 0 spiro atoms. The zero-order valence-electron chi connectivity index (χ0n) is 6.08. The molecule has 0 atom stereocenters. The predicted octanol–water partition coefficient (Wildman–Crippen LogP) is 0.354. The van der Waals surface area contributed by atoms with Crippen LogP contribution in [0.5, 0.6) is 0 Å². The van der Waals surface area contributed by atoms with Crippen LogP contribution in [0, 0.1) is 5.92 Å². The first-order valence-corrected chi connectivity index (χ1v) is 3.80. The van der Waals surface area contributed by atoms with Gasteiger partial charge in [-0.15, -0.1) is 0 Å². The minimum atomic E-state index is 0.242. The van der Waals surface area contributed by atoms with Gasteiger partial charge in [-0.3, -0.25) is 0 Å². The molecule has 1 aliphatic rings. The molecule has 0 amide bonds. The molecule has 0 radical (unpaired) electrons. The van der Waals surface area contributed by atoms with Crippen LogP contribution in [0.25, 0.3) is 0 Å². The summed E-state index contributed by atoms with van der Waals surface area (Å²) in [7, 11) is 0. The Labute approximate surface area is 61.1 Å². The van der Waals surface area contributed by atoms with Crippen LogP contribution in [-0.4, -0.2) is 24.5 Å². The SMILES string of the molecule is OCCCN/N=C/C1CC1. The molecule has 1 rings (SSSR count). The second-order valence-corrected chi connectivity index (χ2v) is 2.60. The van der Waals surface area contributed by atoms with Crippen molar-refractivity contribution in [3.05, 3.63) is 0 Å². The van der Waals surface area contributed by atoms with Crippen LogP contribution < -0.4 is 5.43 Å². The lowest BCUT2D eigenvalue weighted by atomic mass is 10.5. The van der Waals surface area contributed by atoms with Crippen LogP contribution in [0.2, 0.25) is 0 Å². The molecule has 10 heavy (non-hydrogen) atoms. The van der Waals surface area contributed by atoms with E-state index in [0.717, 1.165) is 18.9 Å². The van der Waals surface area contributed by atoms with Gasteiger partial charge in [0.1, 0.15) is 0 Å². The van der Waals surface area contributed by atoms with Crippen LogP contribution in [-0.2, 0) is 0 Å². The number of hydrogen-bond donors (Lipinski definition) is 2. The Morgan fingerprint density at radius 3 is 3.00 bits per heavy atom. The van der Waals surface area contributed by atoms with Gasteiger partial charge in [0.05, 0.1) is 0 Å². The third-order valence-corrected chi connectivity index (χ3v) is 1.45. The Morgan fingerprint density at radius 2 is 2.40 bits per heavy atom. The molecule has 1 saturated carbocycles. The second kappa shape index (κ2) is 4.28. The summed E-state index contributed by atoms with van der Waals surface area (Å²) >= 11 is 0. The van der Waals surface area contributed by atoms with Gasteiger partial charge in [-0.1, -0.05) is 0 Å². The number of nitrogens with one attached hydrogen (secondary N) is 1. The van der Waals surface area contributed by atoms with Crippen molar-refractivity contribution in [3.63, 3.8) is 0 Å². The number of aliphatic hydroxyl groups is 1. The summed E-state index contributed by atoms with van der Waals surface area (Å²) in [6, 6.07) is 0. The van der Waals surface area contributed by atoms with Gasteiger partial charge in [0.15, 0.2) is 0 Å². The minimum absolute atomic E-state index is 0.242. The fourth-order valence-electron chi connectivity index (χ4n) is 0.626. The molecule has 1 fully saturated rings. The molecule has 2 N–H and O–H groups in total. The lowest BCUT2D eigenvalue weighted by Gasteiger charge is -1.94. The van der Waals surface area contributed by atoms with E-state index in [1.54, 1.807) is 0 Å². The zero-order chi connectivity index (χ0) is 7.23. The van der Waals surface area contributed by atoms with Gasteiger partial charge in [0.25, 0.3) is 0 Å². The van der Waals surface area contributed by atoms with Crippen LogP contribution >= 0.6 is 0 Å². The van der Waals surface area contributed by atoms with Crippen LogP contribution in [0.1, 0.15) is 19.3 Å². The van der Waals surface area contributed by atoms with Gasteiger partial charge in [-0.2, -0.15) is 5.10 Å². The van der Waals surface area contributed by atoms with E-state index >= 15 is 0 Å². The summed E-state index contributed by atoms with van der Waals surface area (Å²) in [5, 5.41) is 12.4. The van der Waals surface area contributed by atoms with Gasteiger partial charge in [-0.05, 0) is 25.2 Å². The number of hydrazone groups is 1. The number of hydrogen-bond acceptors (Lipinski definition) is 3. The summed E-state index contributed by atoms with van der Waals surface area (Å²) < 4.78 is 0. The van der Waals surface area contributed by atoms with Gasteiger partial charge >= 0.3 is 0 Å². The van der Waals surface area contributed by atoms with Crippen molar-refractivity contribution in [2.75, 3.05) is 13.2 Å². The number of rotatable bonds is 5. The average molecular weight is 142 g/mol. The van der Waals surface area contributed by atoms with E-state index in [2.05, 4.69) is 10.5 Å². The Kier molecular flexibility index (Phi) is 3.22. The maximum absolute atomic E-state index is 8.40. The number of nitrogens with zero attached hydrogens (tertiary/aromatic N) is 1. The molecule has 0 saturated heterocycles. The minimum Gasteiger partial charge on any atom is -0.396 e. The Hall–Kier alpha value is -0.570. The smallest absolute Gasteiger partial charge is 0.0448 e. The molecule has 0 aromatic heterocycles. The van der Waals surface area contributed by atoms with Crippen LogP contribution in [0.3, 0.4) is 0 Å². The molecular formula is C7H14N2O. The molecule has 1 aliphatic carbocycles. The van der Waals surface area contributed by atoms with Crippen molar-refractivity contribution in [2.24, 2.45) is 11.0 Å². The largest absolute Gasteiger partial charge is 0.396 e. The average Bonchev–Trinajstić information content (AvgIpc) is 2.71. The maximum atomic E-state index is 8.40. The summed E-state index contributed by atoms with van der Waals surface area (Å²) in [5.41, 5.74) is 2.87. The Bertz CT molecular complexity index is 110. The molecule has 3 heteroatoms. The zero-order valence-corrected chi connectivity index (χ0v) is 6.08. The molecule has 0 aromatic carbocycles. The van der Waals surface area contributed by atoms with Gasteiger partial charge in [-0.25, -0.2) is 0 Å². The van der Waals surface area contributed by atoms with E-state index in [1.165, 1.54) is 12.8 Å². The highest BCUT2D eigenvalue weighted by molar-refractivity contribution is 5.63. The van der Waals surface area contributed by atoms with E-state index in [4.69, 9.17) is 5.11 Å². The molecule has 58 valence electrons. The Balaban J connectivity index is 1.83. The standard InChI is InChI=1S/C7H14N2O/c10-5-1-4-8-9-6-7-2-3-7/h6-8,10H,1-5H2/b9-6+. The van der Waals surface area contributed by atoms with Gasteiger partial charge in [0, 0.05) is 19.4 Å². The first-order valence-electron chi connectivity index (χ1n) is 3.80. The van der Waals surface area contributed by atoms with Crippen LogP contribution in [0.4, 0.5) is 0 Å². The first kappa shape index (κ1) is 7.54. The molecule has 0 bridgehead atoms. The normalized spacial score (nSPS) is 18.1. The van der Waals surface area contributed by atoms with Crippen molar-refractivity contribution < 1.29 is 5.11 Å². The van der Waals surface area contributed by atoms with Crippen LogP contribution in [0.15, 0.2) is 5.10 Å². The van der Waals surface area contributed by atoms with E-state index in [1.807, 2.05) is 6.21 Å². The molecule has 0 unspecified atom stereocenters. The van der Waals surface area contributed by atoms with E-state index < -0.39 is 0 Å². The fourth-order valence-corrected chi connectivity index (χ4v) is 0.626. The van der Waals surface area contributed by atoms with E-state index in [0.29, 0.717) is 0 Å². The summed E-state index contributed by atoms with van der Waals surface area (Å²) in [6.07, 6.45) is 5.33. The molecule has 0 aromatic rings. The van der Waals surface area contributed by atoms with Crippen molar-refractivity contribution in [1.82, 2.24) is 5.43 Å². The molecule has 3 nitrogen and oxygen atoms in total. The quantitative estimate of drug-likeness (QED) is 0.330. The van der Waals surface area contributed by atoms with Gasteiger partial charge < -0.3 is 10.5 Å². The number of aliphatic hydroxyl groups excluding tert-OH is 1. The van der Waals surface area contributed by atoms with Crippen molar-refractivity contribution in [2.45, 2.75) is 19.3 Å². The van der Waals surface area contributed by atoms with Crippen molar-refractivity contribution in [1.29, 1.82) is 0 Å².